The lowest BCUT2D eigenvalue weighted by molar-refractivity contribution is 0.0541. The van der Waals surface area contributed by atoms with E-state index in [-0.39, 0.29) is 22.8 Å². The third-order valence-electron chi connectivity index (χ3n) is 3.21. The van der Waals surface area contributed by atoms with Crippen LogP contribution in [-0.4, -0.2) is 28.1 Å². The monoisotopic (exact) mass is 361 g/mol. The zero-order chi connectivity index (χ0) is 18.4. The number of benzene rings is 2. The molecule has 0 bridgehead atoms. The molecule has 0 fully saturated rings. The molecule has 1 N–H and O–H groups in total. The Balaban J connectivity index is 2.26. The number of anilines is 1. The second-order valence-electron chi connectivity index (χ2n) is 5.36. The van der Waals surface area contributed by atoms with Gasteiger partial charge in [0.1, 0.15) is 12.4 Å². The molecule has 0 unspecified atom stereocenters. The molecule has 6 nitrogen and oxygen atoms in total. The molecule has 0 aliphatic rings. The fourth-order valence-corrected chi connectivity index (χ4v) is 3.05. The van der Waals surface area contributed by atoms with Crippen LogP contribution in [0.15, 0.2) is 65.6 Å². The summed E-state index contributed by atoms with van der Waals surface area (Å²) in [5.41, 5.74) is 0.954. The largest absolute Gasteiger partial charge is 0.497 e. The summed E-state index contributed by atoms with van der Waals surface area (Å²) in [7, 11) is -2.36. The quantitative estimate of drug-likeness (QED) is 0.605. The first-order valence-electron chi connectivity index (χ1n) is 7.41. The Morgan fingerprint density at radius 1 is 1.12 bits per heavy atom. The van der Waals surface area contributed by atoms with Crippen LogP contribution in [0.3, 0.4) is 0 Å². The smallest absolute Gasteiger partial charge is 0.340 e. The van der Waals surface area contributed by atoms with E-state index in [1.54, 1.807) is 31.2 Å². The average Bonchev–Trinajstić information content (AvgIpc) is 2.60. The number of carbonyl (C=O) groups excluding carboxylic acids is 1. The van der Waals surface area contributed by atoms with Gasteiger partial charge in [-0.1, -0.05) is 18.7 Å². The molecule has 0 aliphatic carbocycles. The van der Waals surface area contributed by atoms with E-state index in [4.69, 9.17) is 9.47 Å². The maximum Gasteiger partial charge on any atom is 0.340 e. The molecule has 0 atom stereocenters. The van der Waals surface area contributed by atoms with E-state index >= 15 is 0 Å². The van der Waals surface area contributed by atoms with Crippen molar-refractivity contribution in [2.45, 2.75) is 11.8 Å². The number of hydrogen-bond acceptors (Lipinski definition) is 5. The van der Waals surface area contributed by atoms with Gasteiger partial charge in [0.15, 0.2) is 0 Å². The number of hydrogen-bond donors (Lipinski definition) is 1. The first-order chi connectivity index (χ1) is 11.8. The van der Waals surface area contributed by atoms with Gasteiger partial charge in [-0.2, -0.15) is 0 Å². The van der Waals surface area contributed by atoms with Crippen LogP contribution in [0.4, 0.5) is 5.69 Å². The highest BCUT2D eigenvalue weighted by molar-refractivity contribution is 7.92. The van der Waals surface area contributed by atoms with Crippen molar-refractivity contribution in [3.8, 4) is 5.75 Å². The molecular weight excluding hydrogens is 342 g/mol. The maximum atomic E-state index is 12.5. The summed E-state index contributed by atoms with van der Waals surface area (Å²) in [5.74, 6) is -0.0845. The number of esters is 1. The molecular formula is C18H19NO5S. The van der Waals surface area contributed by atoms with Crippen molar-refractivity contribution >= 4 is 21.7 Å². The van der Waals surface area contributed by atoms with E-state index < -0.39 is 16.0 Å². The Morgan fingerprint density at radius 3 is 2.36 bits per heavy atom. The van der Waals surface area contributed by atoms with Crippen LogP contribution in [-0.2, 0) is 14.8 Å². The molecule has 0 radical (unpaired) electrons. The van der Waals surface area contributed by atoms with Crippen LogP contribution < -0.4 is 9.46 Å². The summed E-state index contributed by atoms with van der Waals surface area (Å²) >= 11 is 0. The zero-order valence-electron chi connectivity index (χ0n) is 14.0. The van der Waals surface area contributed by atoms with Crippen molar-refractivity contribution < 1.29 is 22.7 Å². The summed E-state index contributed by atoms with van der Waals surface area (Å²) in [4.78, 5) is 12.2. The first kappa shape index (κ1) is 18.5. The predicted molar refractivity (Wildman–Crippen MR) is 95.3 cm³/mol. The number of ether oxygens (including phenoxy) is 2. The number of nitrogens with one attached hydrogen (secondary N) is 1. The van der Waals surface area contributed by atoms with Gasteiger partial charge in [0, 0.05) is 0 Å². The number of rotatable bonds is 7. The second-order valence-corrected chi connectivity index (χ2v) is 7.04. The van der Waals surface area contributed by atoms with Gasteiger partial charge in [-0.25, -0.2) is 13.2 Å². The highest BCUT2D eigenvalue weighted by atomic mass is 32.2. The number of sulfonamides is 1. The van der Waals surface area contributed by atoms with Crippen molar-refractivity contribution in [2.75, 3.05) is 18.4 Å². The Hall–Kier alpha value is -2.80. The third-order valence-corrected chi connectivity index (χ3v) is 4.59. The lowest BCUT2D eigenvalue weighted by Crippen LogP contribution is -2.16. The minimum absolute atomic E-state index is 0.0541. The molecule has 2 rings (SSSR count). The highest BCUT2D eigenvalue weighted by Gasteiger charge is 2.19. The van der Waals surface area contributed by atoms with Crippen LogP contribution in [0.1, 0.15) is 17.3 Å². The van der Waals surface area contributed by atoms with Gasteiger partial charge in [0.05, 0.1) is 23.3 Å². The number of para-hydroxylation sites is 1. The van der Waals surface area contributed by atoms with Crippen LogP contribution >= 0.6 is 0 Å². The molecule has 25 heavy (non-hydrogen) atoms. The third kappa shape index (κ3) is 4.84. The van der Waals surface area contributed by atoms with Crippen LogP contribution in [0.5, 0.6) is 5.75 Å². The second kappa shape index (κ2) is 7.85. The van der Waals surface area contributed by atoms with E-state index in [0.29, 0.717) is 11.3 Å². The molecule has 0 spiro atoms. The summed E-state index contributed by atoms with van der Waals surface area (Å²) in [5, 5.41) is 0. The van der Waals surface area contributed by atoms with Crippen molar-refractivity contribution in [3.63, 3.8) is 0 Å². The molecule has 132 valence electrons. The lowest BCUT2D eigenvalue weighted by Gasteiger charge is -2.12. The Labute approximate surface area is 147 Å². The fourth-order valence-electron chi connectivity index (χ4n) is 1.98. The topological polar surface area (TPSA) is 81.7 Å². The summed E-state index contributed by atoms with van der Waals surface area (Å²) in [6.45, 7) is 5.45. The number of carbonyl (C=O) groups is 1. The predicted octanol–water partition coefficient (Wildman–Crippen LogP) is 3.23. The van der Waals surface area contributed by atoms with Gasteiger partial charge >= 0.3 is 5.97 Å². The minimum atomic E-state index is -3.86. The van der Waals surface area contributed by atoms with Crippen molar-refractivity contribution in [2.24, 2.45) is 0 Å². The van der Waals surface area contributed by atoms with Crippen molar-refractivity contribution in [1.82, 2.24) is 0 Å². The normalized spacial score (nSPS) is 10.8. The zero-order valence-corrected chi connectivity index (χ0v) is 14.8. The molecule has 0 aliphatic heterocycles. The van der Waals surface area contributed by atoms with E-state index in [1.165, 1.54) is 31.4 Å². The molecule has 0 amide bonds. The number of methoxy groups -OCH3 is 1. The van der Waals surface area contributed by atoms with Crippen molar-refractivity contribution in [3.05, 3.63) is 66.2 Å². The summed E-state index contributed by atoms with van der Waals surface area (Å²) in [6, 6.07) is 12.2. The Bertz CT molecular complexity index is 873. The van der Waals surface area contributed by atoms with Crippen molar-refractivity contribution in [1.29, 1.82) is 0 Å². The Morgan fingerprint density at radius 2 is 1.76 bits per heavy atom. The average molecular weight is 361 g/mol. The summed E-state index contributed by atoms with van der Waals surface area (Å²) < 4.78 is 37.6. The van der Waals surface area contributed by atoms with E-state index in [1.807, 2.05) is 0 Å². The standard InChI is InChI=1S/C18H19NO5S/c1-13(2)12-24-18(20)16-6-4-5-7-17(16)19-25(21,22)15-10-8-14(23-3)9-11-15/h4-11,19H,1,12H2,2-3H3. The molecule has 7 heteroatoms. The van der Waals surface area contributed by atoms with E-state index in [2.05, 4.69) is 11.3 Å². The van der Waals surface area contributed by atoms with Gasteiger partial charge in [-0.15, -0.1) is 0 Å². The van der Waals surface area contributed by atoms with Gasteiger partial charge in [-0.3, -0.25) is 4.72 Å². The fraction of sp³-hybridized carbons (Fsp3) is 0.167. The van der Waals surface area contributed by atoms with Gasteiger partial charge in [0.2, 0.25) is 0 Å². The highest BCUT2D eigenvalue weighted by Crippen LogP contribution is 2.22. The molecule has 0 heterocycles. The van der Waals surface area contributed by atoms with Gasteiger partial charge in [0.25, 0.3) is 10.0 Å². The lowest BCUT2D eigenvalue weighted by atomic mass is 10.2. The SMILES string of the molecule is C=C(C)COC(=O)c1ccccc1NS(=O)(=O)c1ccc(OC)cc1. The van der Waals surface area contributed by atoms with Gasteiger partial charge in [-0.05, 0) is 48.9 Å². The first-order valence-corrected chi connectivity index (χ1v) is 8.89. The molecule has 0 aromatic heterocycles. The molecule has 0 saturated heterocycles. The van der Waals surface area contributed by atoms with Crippen LogP contribution in [0, 0.1) is 0 Å². The van der Waals surface area contributed by atoms with Crippen LogP contribution in [0.25, 0.3) is 0 Å². The molecule has 0 saturated carbocycles. The summed E-state index contributed by atoms with van der Waals surface area (Å²) in [6.07, 6.45) is 0. The molecule has 2 aromatic carbocycles. The van der Waals surface area contributed by atoms with Gasteiger partial charge < -0.3 is 9.47 Å². The minimum Gasteiger partial charge on any atom is -0.497 e. The Kier molecular flexibility index (Phi) is 5.82. The van der Waals surface area contributed by atoms with Crippen LogP contribution in [0.2, 0.25) is 0 Å². The van der Waals surface area contributed by atoms with E-state index in [0.717, 1.165) is 0 Å². The van der Waals surface area contributed by atoms with E-state index in [9.17, 15) is 13.2 Å². The maximum absolute atomic E-state index is 12.5. The molecule has 2 aromatic rings.